The fourth-order valence-corrected chi connectivity index (χ4v) is 1.46. The molecule has 0 amide bonds. The van der Waals surface area contributed by atoms with Crippen LogP contribution in [0.25, 0.3) is 0 Å². The molecule has 120 valence electrons. The second kappa shape index (κ2) is 6.32. The molecular weight excluding hydrogens is 270 g/mol. The van der Waals surface area contributed by atoms with Crippen molar-refractivity contribution in [1.29, 1.82) is 0 Å². The molecule has 0 aliphatic heterocycles. The summed E-state index contributed by atoms with van der Waals surface area (Å²) >= 11 is 0. The average molecular weight is 296 g/mol. The Bertz CT molecular complexity index is 339. The van der Waals surface area contributed by atoms with Gasteiger partial charge in [-0.3, -0.25) is 10.5 Å². The predicted molar refractivity (Wildman–Crippen MR) is 72.0 cm³/mol. The van der Waals surface area contributed by atoms with Crippen LogP contribution in [0.2, 0.25) is 0 Å². The Labute approximate surface area is 118 Å². The minimum absolute atomic E-state index is 0.0821. The third-order valence-electron chi connectivity index (χ3n) is 2.73. The molecule has 2 atom stereocenters. The molecular formula is C13H26F2N2O3. The van der Waals surface area contributed by atoms with E-state index in [1.165, 1.54) is 20.8 Å². The van der Waals surface area contributed by atoms with Crippen molar-refractivity contribution in [3.05, 3.63) is 0 Å². The second-order valence-electron chi connectivity index (χ2n) is 6.49. The molecule has 0 heterocycles. The number of nitrogens with two attached hydrogens (primary N) is 2. The van der Waals surface area contributed by atoms with Crippen molar-refractivity contribution >= 4 is 5.97 Å². The number of hydrogen-bond donors (Lipinski definition) is 3. The van der Waals surface area contributed by atoms with Crippen LogP contribution >= 0.6 is 0 Å². The lowest BCUT2D eigenvalue weighted by molar-refractivity contribution is -0.209. The average Bonchev–Trinajstić information content (AvgIpc) is 2.22. The summed E-state index contributed by atoms with van der Waals surface area (Å²) in [4.78, 5) is 11.6. The summed E-state index contributed by atoms with van der Waals surface area (Å²) < 4.78 is 32.9. The van der Waals surface area contributed by atoms with Crippen molar-refractivity contribution in [1.82, 2.24) is 0 Å². The number of rotatable bonds is 6. The summed E-state index contributed by atoms with van der Waals surface area (Å²) in [6, 6.07) is -2.32. The Morgan fingerprint density at radius 1 is 1.30 bits per heavy atom. The molecule has 7 heteroatoms. The standard InChI is InChI=1S/C13H26F2N2O3/c1-8(2)6-7-12(17,19)13(14,15)9(16)10(18)20-11(3,4)5/h8-9,19H,6-7,16-17H2,1-5H3. The van der Waals surface area contributed by atoms with Gasteiger partial charge in [0.05, 0.1) is 0 Å². The first kappa shape index (κ1) is 19.2. The van der Waals surface area contributed by atoms with Crippen LogP contribution in [-0.4, -0.2) is 34.4 Å². The minimum atomic E-state index is -3.98. The van der Waals surface area contributed by atoms with Crippen molar-refractivity contribution in [2.75, 3.05) is 0 Å². The van der Waals surface area contributed by atoms with Crippen molar-refractivity contribution in [2.45, 2.75) is 70.8 Å². The van der Waals surface area contributed by atoms with E-state index in [0.717, 1.165) is 0 Å². The first-order valence-electron chi connectivity index (χ1n) is 6.58. The van der Waals surface area contributed by atoms with Crippen LogP contribution in [-0.2, 0) is 9.53 Å². The van der Waals surface area contributed by atoms with Crippen molar-refractivity contribution in [3.8, 4) is 0 Å². The molecule has 0 radical (unpaired) electrons. The highest BCUT2D eigenvalue weighted by Crippen LogP contribution is 2.33. The van der Waals surface area contributed by atoms with Gasteiger partial charge in [0.1, 0.15) is 5.60 Å². The summed E-state index contributed by atoms with van der Waals surface area (Å²) in [6.45, 7) is 8.21. The summed E-state index contributed by atoms with van der Waals surface area (Å²) in [5.41, 5.74) is 6.69. The molecule has 0 bridgehead atoms. The van der Waals surface area contributed by atoms with Gasteiger partial charge in [0, 0.05) is 0 Å². The third-order valence-corrected chi connectivity index (χ3v) is 2.73. The number of carbonyl (C=O) groups is 1. The molecule has 0 aliphatic carbocycles. The number of halogens is 2. The molecule has 2 unspecified atom stereocenters. The highest BCUT2D eigenvalue weighted by molar-refractivity contribution is 5.77. The number of ether oxygens (including phenoxy) is 1. The highest BCUT2D eigenvalue weighted by atomic mass is 19.3. The monoisotopic (exact) mass is 296 g/mol. The molecule has 5 N–H and O–H groups in total. The normalized spacial score (nSPS) is 17.8. The first-order chi connectivity index (χ1) is 8.71. The summed E-state index contributed by atoms with van der Waals surface area (Å²) in [7, 11) is 0. The third kappa shape index (κ3) is 5.30. The number of aliphatic hydroxyl groups is 1. The molecule has 0 aromatic rings. The highest BCUT2D eigenvalue weighted by Gasteiger charge is 2.57. The topological polar surface area (TPSA) is 98.6 Å². The van der Waals surface area contributed by atoms with Crippen LogP contribution in [0.4, 0.5) is 8.78 Å². The number of carbonyl (C=O) groups excluding carboxylic acids is 1. The van der Waals surface area contributed by atoms with E-state index in [0.29, 0.717) is 0 Å². The zero-order valence-corrected chi connectivity index (χ0v) is 12.7. The van der Waals surface area contributed by atoms with E-state index in [4.69, 9.17) is 16.2 Å². The van der Waals surface area contributed by atoms with Gasteiger partial charge in [-0.2, -0.15) is 8.78 Å². The molecule has 20 heavy (non-hydrogen) atoms. The van der Waals surface area contributed by atoms with Crippen molar-refractivity contribution in [2.24, 2.45) is 17.4 Å². The smallest absolute Gasteiger partial charge is 0.329 e. The predicted octanol–water partition coefficient (Wildman–Crippen LogP) is 1.37. The summed E-state index contributed by atoms with van der Waals surface area (Å²) in [6.07, 6.45) is -0.0855. The van der Waals surface area contributed by atoms with Gasteiger partial charge in [0.25, 0.3) is 0 Å². The SMILES string of the molecule is CC(C)CCC(N)(O)C(F)(F)C(N)C(=O)OC(C)(C)C. The van der Waals surface area contributed by atoms with Gasteiger partial charge in [-0.25, -0.2) is 0 Å². The minimum Gasteiger partial charge on any atom is -0.459 e. The number of alkyl halides is 2. The van der Waals surface area contributed by atoms with Gasteiger partial charge in [-0.15, -0.1) is 0 Å². The molecule has 0 aromatic heterocycles. The second-order valence-corrected chi connectivity index (χ2v) is 6.49. The Morgan fingerprint density at radius 3 is 2.10 bits per heavy atom. The number of hydrogen-bond acceptors (Lipinski definition) is 5. The van der Waals surface area contributed by atoms with Crippen LogP contribution in [0.5, 0.6) is 0 Å². The molecule has 0 aliphatic rings. The van der Waals surface area contributed by atoms with E-state index in [2.05, 4.69) is 0 Å². The van der Waals surface area contributed by atoms with Crippen LogP contribution in [0, 0.1) is 5.92 Å². The fraction of sp³-hybridized carbons (Fsp3) is 0.923. The molecule has 0 saturated heterocycles. The lowest BCUT2D eigenvalue weighted by Gasteiger charge is -2.36. The van der Waals surface area contributed by atoms with Crippen LogP contribution < -0.4 is 11.5 Å². The van der Waals surface area contributed by atoms with Crippen LogP contribution in [0.15, 0.2) is 0 Å². The van der Waals surface area contributed by atoms with E-state index >= 15 is 0 Å². The molecule has 0 saturated carbocycles. The summed E-state index contributed by atoms with van der Waals surface area (Å²) in [5.74, 6) is -5.20. The summed E-state index contributed by atoms with van der Waals surface area (Å²) in [5, 5.41) is 9.75. The first-order valence-corrected chi connectivity index (χ1v) is 6.58. The molecule has 0 aromatic carbocycles. The van der Waals surface area contributed by atoms with Crippen molar-refractivity contribution in [3.63, 3.8) is 0 Å². The Kier molecular flexibility index (Phi) is 6.07. The Balaban J connectivity index is 4.96. The van der Waals surface area contributed by atoms with E-state index in [9.17, 15) is 18.7 Å². The zero-order chi connectivity index (χ0) is 16.4. The van der Waals surface area contributed by atoms with E-state index in [1.54, 1.807) is 0 Å². The lowest BCUT2D eigenvalue weighted by Crippen LogP contribution is -2.66. The largest absolute Gasteiger partial charge is 0.459 e. The maximum atomic E-state index is 14.1. The van der Waals surface area contributed by atoms with Crippen LogP contribution in [0.1, 0.15) is 47.5 Å². The fourth-order valence-electron chi connectivity index (χ4n) is 1.46. The molecule has 0 rings (SSSR count). The molecule has 0 spiro atoms. The van der Waals surface area contributed by atoms with Gasteiger partial charge >= 0.3 is 11.9 Å². The van der Waals surface area contributed by atoms with Gasteiger partial charge in [-0.1, -0.05) is 13.8 Å². The zero-order valence-electron chi connectivity index (χ0n) is 12.7. The quantitative estimate of drug-likeness (QED) is 0.508. The van der Waals surface area contributed by atoms with Crippen molar-refractivity contribution < 1.29 is 23.4 Å². The van der Waals surface area contributed by atoms with Gasteiger partial charge in [-0.05, 0) is 39.5 Å². The Hall–Kier alpha value is -0.790. The maximum Gasteiger partial charge on any atom is 0.329 e. The Morgan fingerprint density at radius 2 is 1.75 bits per heavy atom. The molecule has 0 fully saturated rings. The lowest BCUT2D eigenvalue weighted by atomic mass is 9.92. The van der Waals surface area contributed by atoms with Gasteiger partial charge < -0.3 is 15.6 Å². The number of esters is 1. The van der Waals surface area contributed by atoms with Gasteiger partial charge in [0.2, 0.25) is 0 Å². The molecule has 5 nitrogen and oxygen atoms in total. The van der Waals surface area contributed by atoms with Crippen LogP contribution in [0.3, 0.4) is 0 Å². The maximum absolute atomic E-state index is 14.1. The van der Waals surface area contributed by atoms with E-state index < -0.39 is 29.3 Å². The van der Waals surface area contributed by atoms with E-state index in [1.807, 2.05) is 13.8 Å². The van der Waals surface area contributed by atoms with E-state index in [-0.39, 0.29) is 18.8 Å². The van der Waals surface area contributed by atoms with Gasteiger partial charge in [0.15, 0.2) is 11.8 Å².